The van der Waals surface area contributed by atoms with E-state index in [0.717, 1.165) is 4.31 Å². The number of nitrogens with zero attached hydrogens (tertiary/aromatic N) is 1. The molecule has 86 valence electrons. The molecule has 1 atom stereocenters. The molecule has 7 heteroatoms. The van der Waals surface area contributed by atoms with Gasteiger partial charge in [0.1, 0.15) is 11.8 Å². The van der Waals surface area contributed by atoms with E-state index in [0.29, 0.717) is 0 Å². The number of aliphatic carboxylic acids is 1. The third-order valence-corrected chi connectivity index (χ3v) is 4.27. The molecule has 0 saturated carbocycles. The van der Waals surface area contributed by atoms with E-state index in [1.165, 1.54) is 6.92 Å². The molecule has 6 nitrogen and oxygen atoms in total. The smallest absolute Gasteiger partial charge is 0.322 e. The fraction of sp³-hybridized carbons (Fsp3) is 0.750. The third kappa shape index (κ3) is 2.54. The van der Waals surface area contributed by atoms with Gasteiger partial charge < -0.3 is 5.11 Å². The Morgan fingerprint density at radius 3 is 2.67 bits per heavy atom. The number of ketones is 1. The molecule has 0 aliphatic carbocycles. The summed E-state index contributed by atoms with van der Waals surface area (Å²) in [6.45, 7) is 1.43. The highest BCUT2D eigenvalue weighted by Gasteiger charge is 2.38. The molecule has 1 N–H and O–H groups in total. The first kappa shape index (κ1) is 12.1. The summed E-state index contributed by atoms with van der Waals surface area (Å²) in [6.07, 6.45) is -0.127. The number of hydrogen-bond donors (Lipinski definition) is 1. The Bertz CT molecular complexity index is 374. The van der Waals surface area contributed by atoms with Crippen LogP contribution in [0.1, 0.15) is 19.8 Å². The average Bonchev–Trinajstić information content (AvgIpc) is 2.17. The molecule has 1 rings (SSSR count). The molecule has 0 spiro atoms. The van der Waals surface area contributed by atoms with Crippen LogP contribution in [0.3, 0.4) is 0 Å². The first-order valence-electron chi connectivity index (χ1n) is 4.62. The lowest BCUT2D eigenvalue weighted by molar-refractivity contribution is -0.145. The maximum Gasteiger partial charge on any atom is 0.322 e. The van der Waals surface area contributed by atoms with Gasteiger partial charge in [0.15, 0.2) is 0 Å². The lowest BCUT2D eigenvalue weighted by Gasteiger charge is -2.30. The van der Waals surface area contributed by atoms with E-state index in [1.54, 1.807) is 0 Å². The van der Waals surface area contributed by atoms with Crippen LogP contribution in [0.15, 0.2) is 0 Å². The Kier molecular flexibility index (Phi) is 3.46. The molecule has 0 aromatic heterocycles. The van der Waals surface area contributed by atoms with Crippen LogP contribution in [0.5, 0.6) is 0 Å². The van der Waals surface area contributed by atoms with Crippen molar-refractivity contribution in [3.63, 3.8) is 0 Å². The molecule has 0 radical (unpaired) electrons. The SMILES string of the molecule is CCS(=O)(=O)N1CCC(=O)CC1C(=O)O. The molecule has 0 aromatic rings. The zero-order valence-corrected chi connectivity index (χ0v) is 9.16. The van der Waals surface area contributed by atoms with Crippen LogP contribution in [-0.2, 0) is 19.6 Å². The second-order valence-corrected chi connectivity index (χ2v) is 5.57. The summed E-state index contributed by atoms with van der Waals surface area (Å²) < 4.78 is 24.0. The average molecular weight is 235 g/mol. The van der Waals surface area contributed by atoms with E-state index in [2.05, 4.69) is 0 Å². The monoisotopic (exact) mass is 235 g/mol. The molecule has 0 amide bonds. The van der Waals surface area contributed by atoms with Gasteiger partial charge in [0.25, 0.3) is 0 Å². The minimum Gasteiger partial charge on any atom is -0.480 e. The van der Waals surface area contributed by atoms with Crippen molar-refractivity contribution in [3.8, 4) is 0 Å². The first-order chi connectivity index (χ1) is 6.88. The van der Waals surface area contributed by atoms with Crippen molar-refractivity contribution in [2.75, 3.05) is 12.3 Å². The van der Waals surface area contributed by atoms with Gasteiger partial charge in [-0.1, -0.05) is 0 Å². The van der Waals surface area contributed by atoms with Crippen molar-refractivity contribution in [1.29, 1.82) is 0 Å². The molecule has 1 saturated heterocycles. The van der Waals surface area contributed by atoms with Crippen molar-refractivity contribution < 1.29 is 23.1 Å². The number of rotatable bonds is 3. The van der Waals surface area contributed by atoms with Crippen LogP contribution in [0.25, 0.3) is 0 Å². The zero-order chi connectivity index (χ0) is 11.6. The van der Waals surface area contributed by atoms with Crippen LogP contribution in [0.4, 0.5) is 0 Å². The molecule has 0 aromatic carbocycles. The molecule has 15 heavy (non-hydrogen) atoms. The number of sulfonamides is 1. The van der Waals surface area contributed by atoms with Crippen molar-refractivity contribution in [2.24, 2.45) is 0 Å². The summed E-state index contributed by atoms with van der Waals surface area (Å²) in [5.41, 5.74) is 0. The highest BCUT2D eigenvalue weighted by Crippen LogP contribution is 2.18. The lowest BCUT2D eigenvalue weighted by Crippen LogP contribution is -2.50. The standard InChI is InChI=1S/C8H13NO5S/c1-2-15(13,14)9-4-3-6(10)5-7(9)8(11)12/h7H,2-5H2,1H3,(H,11,12). The van der Waals surface area contributed by atoms with Crippen LogP contribution < -0.4 is 0 Å². The Morgan fingerprint density at radius 2 is 2.20 bits per heavy atom. The van der Waals surface area contributed by atoms with Gasteiger partial charge in [-0.25, -0.2) is 8.42 Å². The molecule has 1 aliphatic heterocycles. The summed E-state index contributed by atoms with van der Waals surface area (Å²) in [4.78, 5) is 21.9. The highest BCUT2D eigenvalue weighted by molar-refractivity contribution is 7.89. The van der Waals surface area contributed by atoms with E-state index in [4.69, 9.17) is 5.11 Å². The van der Waals surface area contributed by atoms with Gasteiger partial charge >= 0.3 is 5.97 Å². The van der Waals surface area contributed by atoms with Crippen LogP contribution in [0, 0.1) is 0 Å². The number of carbonyl (C=O) groups is 2. The van der Waals surface area contributed by atoms with E-state index >= 15 is 0 Å². The maximum atomic E-state index is 11.5. The van der Waals surface area contributed by atoms with E-state index in [9.17, 15) is 18.0 Å². The van der Waals surface area contributed by atoms with Gasteiger partial charge in [0.05, 0.1) is 5.75 Å². The second kappa shape index (κ2) is 4.28. The Balaban J connectivity index is 2.97. The van der Waals surface area contributed by atoms with Gasteiger partial charge in [-0.15, -0.1) is 0 Å². The topological polar surface area (TPSA) is 91.8 Å². The van der Waals surface area contributed by atoms with Crippen molar-refractivity contribution in [1.82, 2.24) is 4.31 Å². The summed E-state index contributed by atoms with van der Waals surface area (Å²) in [6, 6.07) is -1.23. The number of carboxylic acid groups (broad SMARTS) is 1. The van der Waals surface area contributed by atoms with Crippen LogP contribution in [-0.4, -0.2) is 47.9 Å². The minimum atomic E-state index is -3.54. The third-order valence-electron chi connectivity index (χ3n) is 2.39. The van der Waals surface area contributed by atoms with Crippen molar-refractivity contribution in [3.05, 3.63) is 0 Å². The summed E-state index contributed by atoms with van der Waals surface area (Å²) in [7, 11) is -3.54. The van der Waals surface area contributed by atoms with Gasteiger partial charge in [-0.2, -0.15) is 4.31 Å². The van der Waals surface area contributed by atoms with E-state index in [-0.39, 0.29) is 30.9 Å². The van der Waals surface area contributed by atoms with Crippen molar-refractivity contribution in [2.45, 2.75) is 25.8 Å². The molecule has 1 unspecified atom stereocenters. The molecule has 0 bridgehead atoms. The van der Waals surface area contributed by atoms with Crippen LogP contribution >= 0.6 is 0 Å². The van der Waals surface area contributed by atoms with Crippen LogP contribution in [0.2, 0.25) is 0 Å². The number of Topliss-reactive ketones (excluding diaryl/α,β-unsaturated/α-hetero) is 1. The molecular formula is C8H13NO5S. The van der Waals surface area contributed by atoms with Gasteiger partial charge in [0, 0.05) is 19.4 Å². The Labute approximate surface area is 87.9 Å². The number of piperidine rings is 1. The normalized spacial score (nSPS) is 24.1. The highest BCUT2D eigenvalue weighted by atomic mass is 32.2. The number of carboxylic acids is 1. The largest absolute Gasteiger partial charge is 0.480 e. The molecule has 1 heterocycles. The fourth-order valence-electron chi connectivity index (χ4n) is 1.52. The molecule has 1 fully saturated rings. The molecule has 1 aliphatic rings. The summed E-state index contributed by atoms with van der Waals surface area (Å²) >= 11 is 0. The van der Waals surface area contributed by atoms with E-state index < -0.39 is 22.0 Å². The van der Waals surface area contributed by atoms with Gasteiger partial charge in [0.2, 0.25) is 10.0 Å². The Morgan fingerprint density at radius 1 is 1.60 bits per heavy atom. The van der Waals surface area contributed by atoms with Gasteiger partial charge in [-0.05, 0) is 6.92 Å². The first-order valence-corrected chi connectivity index (χ1v) is 6.23. The predicted octanol–water partition coefficient (Wildman–Crippen LogP) is -0.546. The second-order valence-electron chi connectivity index (χ2n) is 3.36. The number of carbonyl (C=O) groups excluding carboxylic acids is 1. The maximum absolute atomic E-state index is 11.5. The summed E-state index contributed by atoms with van der Waals surface area (Å²) in [5, 5.41) is 8.83. The van der Waals surface area contributed by atoms with Crippen molar-refractivity contribution >= 4 is 21.8 Å². The molecular weight excluding hydrogens is 222 g/mol. The van der Waals surface area contributed by atoms with Gasteiger partial charge in [-0.3, -0.25) is 9.59 Å². The lowest BCUT2D eigenvalue weighted by atomic mass is 10.0. The fourth-order valence-corrected chi connectivity index (χ4v) is 2.77. The zero-order valence-electron chi connectivity index (χ0n) is 8.34. The quantitative estimate of drug-likeness (QED) is 0.709. The Hall–Kier alpha value is -0.950. The minimum absolute atomic E-state index is 0.0219. The van der Waals surface area contributed by atoms with E-state index in [1.807, 2.05) is 0 Å². The summed E-state index contributed by atoms with van der Waals surface area (Å²) in [5.74, 6) is -1.62. The predicted molar refractivity (Wildman–Crippen MR) is 51.8 cm³/mol. The number of hydrogen-bond acceptors (Lipinski definition) is 4.